The molecule has 2 N–H and O–H groups in total. The molecular weight excluding hydrogens is 398 g/mol. The summed E-state index contributed by atoms with van der Waals surface area (Å²) in [6.07, 6.45) is 4.90. The number of carboxylic acid groups (broad SMARTS) is 1. The van der Waals surface area contributed by atoms with Gasteiger partial charge in [0.25, 0.3) is 5.91 Å². The Morgan fingerprint density at radius 3 is 2.61 bits per heavy atom. The molecule has 1 amide bonds. The standard InChI is InChI=1S/C19H11N3O4S2/c23-15-4-2-11(9-12(15)18(25)26)22-17(24)16(28-19(22)27)8-10-1-3-13-14(7-10)21-6-5-20-13/h1-9,23H,(H,25,26)/b16-8-. The van der Waals surface area contributed by atoms with E-state index in [1.54, 1.807) is 18.5 Å². The summed E-state index contributed by atoms with van der Waals surface area (Å²) >= 11 is 6.42. The van der Waals surface area contributed by atoms with E-state index in [4.69, 9.17) is 12.2 Å². The molecule has 0 radical (unpaired) electrons. The Balaban J connectivity index is 1.69. The van der Waals surface area contributed by atoms with Crippen LogP contribution in [0.3, 0.4) is 0 Å². The minimum Gasteiger partial charge on any atom is -0.507 e. The molecule has 0 spiro atoms. The molecule has 4 rings (SSSR count). The number of hydrogen-bond acceptors (Lipinski definition) is 7. The van der Waals surface area contributed by atoms with E-state index < -0.39 is 5.97 Å². The Bertz CT molecular complexity index is 1190. The molecule has 9 heteroatoms. The fourth-order valence-electron chi connectivity index (χ4n) is 2.75. The van der Waals surface area contributed by atoms with E-state index >= 15 is 0 Å². The lowest BCUT2D eigenvalue weighted by Gasteiger charge is -2.15. The molecule has 3 aromatic rings. The normalized spacial score (nSPS) is 15.6. The summed E-state index contributed by atoms with van der Waals surface area (Å²) in [7, 11) is 0. The zero-order valence-electron chi connectivity index (χ0n) is 14.1. The van der Waals surface area contributed by atoms with Crippen molar-refractivity contribution in [1.29, 1.82) is 0 Å². The van der Waals surface area contributed by atoms with Crippen LogP contribution in [-0.2, 0) is 4.79 Å². The van der Waals surface area contributed by atoms with Gasteiger partial charge in [-0.1, -0.05) is 30.0 Å². The fourth-order valence-corrected chi connectivity index (χ4v) is 4.05. The third-order valence-electron chi connectivity index (χ3n) is 4.05. The Kier molecular flexibility index (Phi) is 4.54. The molecule has 1 saturated heterocycles. The van der Waals surface area contributed by atoms with E-state index in [9.17, 15) is 19.8 Å². The van der Waals surface area contributed by atoms with Crippen LogP contribution in [0.1, 0.15) is 15.9 Å². The largest absolute Gasteiger partial charge is 0.507 e. The molecule has 1 aliphatic rings. The van der Waals surface area contributed by atoms with Crippen molar-refractivity contribution < 1.29 is 19.8 Å². The van der Waals surface area contributed by atoms with Crippen LogP contribution in [0.4, 0.5) is 5.69 Å². The van der Waals surface area contributed by atoms with Crippen LogP contribution >= 0.6 is 24.0 Å². The van der Waals surface area contributed by atoms with Crippen molar-refractivity contribution in [2.24, 2.45) is 0 Å². The number of hydrogen-bond donors (Lipinski definition) is 2. The van der Waals surface area contributed by atoms with Crippen molar-refractivity contribution >= 4 is 63.0 Å². The number of aromatic hydroxyl groups is 1. The van der Waals surface area contributed by atoms with Gasteiger partial charge in [-0.25, -0.2) is 4.79 Å². The maximum Gasteiger partial charge on any atom is 0.339 e. The first-order chi connectivity index (χ1) is 13.4. The molecule has 0 unspecified atom stereocenters. The molecule has 0 bridgehead atoms. The number of benzene rings is 2. The third kappa shape index (κ3) is 3.21. The van der Waals surface area contributed by atoms with Gasteiger partial charge in [0, 0.05) is 12.4 Å². The maximum absolute atomic E-state index is 12.9. The van der Waals surface area contributed by atoms with Gasteiger partial charge in [0.2, 0.25) is 0 Å². The van der Waals surface area contributed by atoms with Gasteiger partial charge >= 0.3 is 5.97 Å². The van der Waals surface area contributed by atoms with Crippen molar-refractivity contribution in [3.63, 3.8) is 0 Å². The van der Waals surface area contributed by atoms with Crippen LogP contribution in [0.2, 0.25) is 0 Å². The number of thioether (sulfide) groups is 1. The lowest BCUT2D eigenvalue weighted by atomic mass is 10.1. The van der Waals surface area contributed by atoms with Crippen LogP contribution in [0, 0.1) is 0 Å². The number of thiocarbonyl (C=S) groups is 1. The molecule has 2 heterocycles. The molecule has 0 atom stereocenters. The number of carbonyl (C=O) groups is 2. The first-order valence-electron chi connectivity index (χ1n) is 7.99. The summed E-state index contributed by atoms with van der Waals surface area (Å²) in [6, 6.07) is 9.35. The van der Waals surface area contributed by atoms with E-state index in [2.05, 4.69) is 9.97 Å². The van der Waals surface area contributed by atoms with Gasteiger partial charge in [0.05, 0.1) is 21.6 Å². The third-order valence-corrected chi connectivity index (χ3v) is 5.36. The van der Waals surface area contributed by atoms with Crippen molar-refractivity contribution in [3.8, 4) is 5.75 Å². The first-order valence-corrected chi connectivity index (χ1v) is 9.21. The number of fused-ring (bicyclic) bond motifs is 1. The van der Waals surface area contributed by atoms with Crippen LogP contribution in [0.25, 0.3) is 17.1 Å². The predicted octanol–water partition coefficient (Wildman–Crippen LogP) is 3.44. The van der Waals surface area contributed by atoms with Gasteiger partial charge in [-0.2, -0.15) is 0 Å². The lowest BCUT2D eigenvalue weighted by Crippen LogP contribution is -2.27. The van der Waals surface area contributed by atoms with Gasteiger partial charge in [0.1, 0.15) is 11.3 Å². The number of amides is 1. The average molecular weight is 409 g/mol. The molecule has 1 aromatic heterocycles. The number of aromatic carboxylic acids is 1. The van der Waals surface area contributed by atoms with Gasteiger partial charge in [-0.3, -0.25) is 19.7 Å². The summed E-state index contributed by atoms with van der Waals surface area (Å²) in [5, 5.41) is 18.8. The number of phenols is 1. The number of carboxylic acids is 1. The SMILES string of the molecule is O=C(O)c1cc(N2C(=O)/C(=C/c3ccc4nccnc4c3)SC2=S)ccc1O. The first kappa shape index (κ1) is 18.1. The Hall–Kier alpha value is -3.30. The molecule has 1 aliphatic heterocycles. The summed E-state index contributed by atoms with van der Waals surface area (Å²) < 4.78 is 0.277. The number of aromatic nitrogens is 2. The Morgan fingerprint density at radius 1 is 1.11 bits per heavy atom. The van der Waals surface area contributed by atoms with Crippen molar-refractivity contribution in [3.05, 3.63) is 64.8 Å². The fraction of sp³-hybridized carbons (Fsp3) is 0. The molecule has 1 fully saturated rings. The molecule has 2 aromatic carbocycles. The minimum atomic E-state index is -1.29. The minimum absolute atomic E-state index is 0.277. The molecule has 0 saturated carbocycles. The second kappa shape index (κ2) is 7.02. The van der Waals surface area contributed by atoms with Gasteiger partial charge in [-0.05, 0) is 42.0 Å². The van der Waals surface area contributed by atoms with Crippen LogP contribution in [-0.4, -0.2) is 36.4 Å². The molecule has 28 heavy (non-hydrogen) atoms. The zero-order valence-corrected chi connectivity index (χ0v) is 15.7. The number of rotatable bonds is 3. The summed E-state index contributed by atoms with van der Waals surface area (Å²) in [5.74, 6) is -2.04. The lowest BCUT2D eigenvalue weighted by molar-refractivity contribution is -0.113. The Labute approximate surface area is 168 Å². The summed E-state index contributed by atoms with van der Waals surface area (Å²) in [5.41, 5.74) is 2.20. The van der Waals surface area contributed by atoms with Gasteiger partial charge in [-0.15, -0.1) is 0 Å². The quantitative estimate of drug-likeness (QED) is 0.501. The van der Waals surface area contributed by atoms with E-state index in [0.29, 0.717) is 10.4 Å². The second-order valence-electron chi connectivity index (χ2n) is 5.83. The topological polar surface area (TPSA) is 104 Å². The summed E-state index contributed by atoms with van der Waals surface area (Å²) in [4.78, 5) is 34.2. The highest BCUT2D eigenvalue weighted by Gasteiger charge is 2.34. The zero-order chi connectivity index (χ0) is 19.8. The van der Waals surface area contributed by atoms with E-state index in [1.807, 2.05) is 18.2 Å². The van der Waals surface area contributed by atoms with Gasteiger partial charge < -0.3 is 10.2 Å². The van der Waals surface area contributed by atoms with Crippen LogP contribution in [0.15, 0.2) is 53.7 Å². The van der Waals surface area contributed by atoms with Crippen molar-refractivity contribution in [1.82, 2.24) is 9.97 Å². The monoisotopic (exact) mass is 409 g/mol. The number of anilines is 1. The van der Waals surface area contributed by atoms with Crippen molar-refractivity contribution in [2.75, 3.05) is 4.90 Å². The molecule has 7 nitrogen and oxygen atoms in total. The van der Waals surface area contributed by atoms with Crippen LogP contribution in [0.5, 0.6) is 5.75 Å². The van der Waals surface area contributed by atoms with Gasteiger partial charge in [0.15, 0.2) is 4.32 Å². The van der Waals surface area contributed by atoms with Crippen molar-refractivity contribution in [2.45, 2.75) is 0 Å². The Morgan fingerprint density at radius 2 is 1.86 bits per heavy atom. The highest BCUT2D eigenvalue weighted by atomic mass is 32.2. The number of carbonyl (C=O) groups excluding carboxylic acids is 1. The van der Waals surface area contributed by atoms with E-state index in [-0.39, 0.29) is 27.2 Å². The highest BCUT2D eigenvalue weighted by molar-refractivity contribution is 8.27. The van der Waals surface area contributed by atoms with E-state index in [1.165, 1.54) is 23.1 Å². The maximum atomic E-state index is 12.9. The second-order valence-corrected chi connectivity index (χ2v) is 7.50. The van der Waals surface area contributed by atoms with Crippen LogP contribution < -0.4 is 4.90 Å². The van der Waals surface area contributed by atoms with E-state index in [0.717, 1.165) is 22.8 Å². The predicted molar refractivity (Wildman–Crippen MR) is 110 cm³/mol. The molecule has 138 valence electrons. The highest BCUT2D eigenvalue weighted by Crippen LogP contribution is 2.37. The molecular formula is C19H11N3O4S2. The summed E-state index contributed by atoms with van der Waals surface area (Å²) in [6.45, 7) is 0. The number of nitrogens with zero attached hydrogens (tertiary/aromatic N) is 3. The molecule has 0 aliphatic carbocycles. The smallest absolute Gasteiger partial charge is 0.339 e. The average Bonchev–Trinajstić information content (AvgIpc) is 2.95.